The molecule has 1 amide bonds. The highest BCUT2D eigenvalue weighted by molar-refractivity contribution is 5.97. The lowest BCUT2D eigenvalue weighted by Gasteiger charge is -2.21. The van der Waals surface area contributed by atoms with E-state index in [1.54, 1.807) is 23.5 Å². The maximum absolute atomic E-state index is 13.1. The maximum Gasteiger partial charge on any atom is 0.270 e. The van der Waals surface area contributed by atoms with E-state index in [0.717, 1.165) is 27.7 Å². The van der Waals surface area contributed by atoms with Crippen LogP contribution in [0, 0.1) is 11.3 Å². The SMILES string of the molecule is N#CCCN(Cc1cccnc1)C(=O)c1cc(-c2ccnc3[nH]ccc23)c[nH]1. The smallest absolute Gasteiger partial charge is 0.270 e. The molecule has 0 bridgehead atoms. The van der Waals surface area contributed by atoms with E-state index >= 15 is 0 Å². The molecule has 0 radical (unpaired) electrons. The molecule has 4 aromatic heterocycles. The van der Waals surface area contributed by atoms with Gasteiger partial charge in [0.15, 0.2) is 0 Å². The topological polar surface area (TPSA) is 101 Å². The summed E-state index contributed by atoms with van der Waals surface area (Å²) in [6, 6.07) is 11.6. The molecule has 4 aromatic rings. The Labute approximate surface area is 161 Å². The van der Waals surface area contributed by atoms with Gasteiger partial charge in [-0.05, 0) is 35.4 Å². The number of pyridine rings is 2. The predicted octanol–water partition coefficient (Wildman–Crippen LogP) is 3.51. The zero-order valence-electron chi connectivity index (χ0n) is 15.1. The van der Waals surface area contributed by atoms with Crippen LogP contribution in [0.5, 0.6) is 0 Å². The Kier molecular flexibility index (Phi) is 4.85. The number of hydrogen-bond acceptors (Lipinski definition) is 4. The van der Waals surface area contributed by atoms with Gasteiger partial charge in [-0.2, -0.15) is 5.26 Å². The summed E-state index contributed by atoms with van der Waals surface area (Å²) in [6.07, 6.45) is 9.10. The maximum atomic E-state index is 13.1. The van der Waals surface area contributed by atoms with Crippen molar-refractivity contribution < 1.29 is 4.79 Å². The highest BCUT2D eigenvalue weighted by atomic mass is 16.2. The predicted molar refractivity (Wildman–Crippen MR) is 105 cm³/mol. The van der Waals surface area contributed by atoms with Crippen LogP contribution in [0.4, 0.5) is 0 Å². The fourth-order valence-electron chi connectivity index (χ4n) is 3.21. The van der Waals surface area contributed by atoms with Crippen LogP contribution in [0.25, 0.3) is 22.2 Å². The van der Waals surface area contributed by atoms with Gasteiger partial charge in [0.05, 0.1) is 12.5 Å². The second kappa shape index (κ2) is 7.76. The first-order valence-electron chi connectivity index (χ1n) is 8.92. The summed E-state index contributed by atoms with van der Waals surface area (Å²) >= 11 is 0. The number of carbonyl (C=O) groups excluding carboxylic acids is 1. The van der Waals surface area contributed by atoms with Gasteiger partial charge in [0, 0.05) is 55.0 Å². The summed E-state index contributed by atoms with van der Waals surface area (Å²) < 4.78 is 0. The summed E-state index contributed by atoms with van der Waals surface area (Å²) in [6.45, 7) is 0.760. The number of fused-ring (bicyclic) bond motifs is 1. The third-order valence-corrected chi connectivity index (χ3v) is 4.56. The lowest BCUT2D eigenvalue weighted by molar-refractivity contribution is 0.0741. The van der Waals surface area contributed by atoms with Crippen LogP contribution in [0.2, 0.25) is 0 Å². The van der Waals surface area contributed by atoms with Crippen LogP contribution in [0.15, 0.2) is 61.3 Å². The van der Waals surface area contributed by atoms with Crippen molar-refractivity contribution in [2.45, 2.75) is 13.0 Å². The molecule has 7 heteroatoms. The average Bonchev–Trinajstić information content (AvgIpc) is 3.40. The number of nitriles is 1. The quantitative estimate of drug-likeness (QED) is 0.542. The van der Waals surface area contributed by atoms with Crippen molar-refractivity contribution >= 4 is 16.9 Å². The van der Waals surface area contributed by atoms with Gasteiger partial charge in [0.2, 0.25) is 0 Å². The van der Waals surface area contributed by atoms with Crippen molar-refractivity contribution in [1.82, 2.24) is 24.8 Å². The van der Waals surface area contributed by atoms with Crippen LogP contribution >= 0.6 is 0 Å². The van der Waals surface area contributed by atoms with E-state index in [1.807, 2.05) is 42.7 Å². The van der Waals surface area contributed by atoms with E-state index in [9.17, 15) is 4.79 Å². The molecule has 4 heterocycles. The van der Waals surface area contributed by atoms with Gasteiger partial charge in [-0.1, -0.05) is 6.07 Å². The fraction of sp³-hybridized carbons (Fsp3) is 0.143. The van der Waals surface area contributed by atoms with Gasteiger partial charge in [0.1, 0.15) is 11.3 Å². The van der Waals surface area contributed by atoms with E-state index in [4.69, 9.17) is 5.26 Å². The van der Waals surface area contributed by atoms with Crippen LogP contribution in [0.1, 0.15) is 22.5 Å². The first kappa shape index (κ1) is 17.5. The minimum atomic E-state index is -0.148. The van der Waals surface area contributed by atoms with Crippen LogP contribution in [0.3, 0.4) is 0 Å². The summed E-state index contributed by atoms with van der Waals surface area (Å²) in [4.78, 5) is 29.3. The van der Waals surface area contributed by atoms with Crippen molar-refractivity contribution in [3.63, 3.8) is 0 Å². The molecule has 0 unspecified atom stereocenters. The van der Waals surface area contributed by atoms with Gasteiger partial charge in [-0.15, -0.1) is 0 Å². The van der Waals surface area contributed by atoms with E-state index < -0.39 is 0 Å². The first-order chi connectivity index (χ1) is 13.8. The summed E-state index contributed by atoms with van der Waals surface area (Å²) in [5, 5.41) is 9.95. The van der Waals surface area contributed by atoms with Crippen molar-refractivity contribution in [3.05, 3.63) is 72.6 Å². The normalized spacial score (nSPS) is 10.7. The second-order valence-electron chi connectivity index (χ2n) is 6.40. The Balaban J connectivity index is 1.61. The Hall–Kier alpha value is -3.92. The summed E-state index contributed by atoms with van der Waals surface area (Å²) in [7, 11) is 0. The Morgan fingerprint density at radius 1 is 1.21 bits per heavy atom. The van der Waals surface area contributed by atoms with Gasteiger partial charge < -0.3 is 14.9 Å². The molecule has 2 N–H and O–H groups in total. The van der Waals surface area contributed by atoms with E-state index in [2.05, 4.69) is 26.0 Å². The van der Waals surface area contributed by atoms with Crippen molar-refractivity contribution in [2.75, 3.05) is 6.54 Å². The number of hydrogen-bond donors (Lipinski definition) is 2. The lowest BCUT2D eigenvalue weighted by atomic mass is 10.1. The molecule has 7 nitrogen and oxygen atoms in total. The van der Waals surface area contributed by atoms with E-state index in [-0.39, 0.29) is 12.3 Å². The van der Waals surface area contributed by atoms with Crippen molar-refractivity contribution in [2.24, 2.45) is 0 Å². The fourth-order valence-corrected chi connectivity index (χ4v) is 3.21. The molecule has 0 aliphatic heterocycles. The van der Waals surface area contributed by atoms with Crippen LogP contribution in [-0.2, 0) is 6.54 Å². The highest BCUT2D eigenvalue weighted by Crippen LogP contribution is 2.27. The first-order valence-corrected chi connectivity index (χ1v) is 8.92. The minimum Gasteiger partial charge on any atom is -0.357 e. The zero-order chi connectivity index (χ0) is 19.3. The number of nitrogens with one attached hydrogen (secondary N) is 2. The zero-order valence-corrected chi connectivity index (χ0v) is 15.1. The van der Waals surface area contributed by atoms with Gasteiger partial charge in [-0.25, -0.2) is 4.98 Å². The Morgan fingerprint density at radius 3 is 2.96 bits per heavy atom. The number of rotatable bonds is 6. The molecule has 0 aliphatic rings. The molecule has 4 rings (SSSR count). The molecule has 0 saturated heterocycles. The van der Waals surface area contributed by atoms with Crippen molar-refractivity contribution in [3.8, 4) is 17.2 Å². The second-order valence-corrected chi connectivity index (χ2v) is 6.40. The molecule has 138 valence electrons. The Morgan fingerprint density at radius 2 is 2.14 bits per heavy atom. The van der Waals surface area contributed by atoms with Gasteiger partial charge in [0.25, 0.3) is 5.91 Å². The van der Waals surface area contributed by atoms with E-state index in [1.165, 1.54) is 0 Å². The number of nitrogens with zero attached hydrogens (tertiary/aromatic N) is 4. The molecule has 0 fully saturated rings. The molecule has 0 spiro atoms. The standard InChI is InChI=1S/C21H18N6O/c22-6-2-10-27(14-15-3-1-7-23-12-15)21(28)19-11-16(13-26-19)17-4-8-24-20-18(17)5-9-25-20/h1,3-5,7-9,11-13,26H,2,10,14H2,(H,24,25). The summed E-state index contributed by atoms with van der Waals surface area (Å²) in [5.74, 6) is -0.148. The minimum absolute atomic E-state index is 0.148. The van der Waals surface area contributed by atoms with Crippen LogP contribution < -0.4 is 0 Å². The molecule has 0 atom stereocenters. The monoisotopic (exact) mass is 370 g/mol. The molecule has 28 heavy (non-hydrogen) atoms. The van der Waals surface area contributed by atoms with Gasteiger partial charge >= 0.3 is 0 Å². The number of amides is 1. The molecular weight excluding hydrogens is 352 g/mol. The number of aromatic nitrogens is 4. The number of H-pyrrole nitrogens is 2. The third-order valence-electron chi connectivity index (χ3n) is 4.56. The Bertz CT molecular complexity index is 1140. The average molecular weight is 370 g/mol. The highest BCUT2D eigenvalue weighted by Gasteiger charge is 2.19. The largest absolute Gasteiger partial charge is 0.357 e. The third kappa shape index (κ3) is 3.48. The molecule has 0 aliphatic carbocycles. The molecule has 0 aromatic carbocycles. The van der Waals surface area contributed by atoms with Gasteiger partial charge in [-0.3, -0.25) is 9.78 Å². The van der Waals surface area contributed by atoms with Crippen molar-refractivity contribution in [1.29, 1.82) is 5.26 Å². The number of carbonyl (C=O) groups is 1. The lowest BCUT2D eigenvalue weighted by Crippen LogP contribution is -2.31. The molecular formula is C21H18N6O. The van der Waals surface area contributed by atoms with Crippen LogP contribution in [-0.4, -0.2) is 37.3 Å². The van der Waals surface area contributed by atoms with E-state index in [0.29, 0.717) is 18.8 Å². The summed E-state index contributed by atoms with van der Waals surface area (Å²) in [5.41, 5.74) is 4.12. The number of aromatic amines is 2. The molecule has 0 saturated carbocycles.